The van der Waals surface area contributed by atoms with E-state index < -0.39 is 41.8 Å². The molecule has 0 spiro atoms. The molecule has 2 fully saturated rings. The van der Waals surface area contributed by atoms with E-state index >= 15 is 0 Å². The number of nitrogens with one attached hydrogen (secondary N) is 1. The summed E-state index contributed by atoms with van der Waals surface area (Å²) >= 11 is 12.8. The Hall–Kier alpha value is -5.44. The van der Waals surface area contributed by atoms with E-state index in [4.69, 9.17) is 37.7 Å². The first-order valence-electron chi connectivity index (χ1n) is 22.5. The van der Waals surface area contributed by atoms with E-state index in [0.717, 1.165) is 47.8 Å². The molecule has 356 valence electrons. The average Bonchev–Trinajstić information content (AvgIpc) is 3.97. The number of likely N-dealkylation sites (N-methyl/N-ethyl adjacent to an activating group) is 2. The van der Waals surface area contributed by atoms with Gasteiger partial charge in [0.1, 0.15) is 29.4 Å². The van der Waals surface area contributed by atoms with Crippen molar-refractivity contribution in [2.45, 2.75) is 70.2 Å². The number of hydrogen-bond acceptors (Lipinski definition) is 8. The molecule has 2 aliphatic rings. The van der Waals surface area contributed by atoms with Crippen LogP contribution in [-0.2, 0) is 56.9 Å². The van der Waals surface area contributed by atoms with Crippen molar-refractivity contribution < 1.29 is 28.7 Å². The van der Waals surface area contributed by atoms with Gasteiger partial charge in [0.2, 0.25) is 23.6 Å². The molecule has 16 heteroatoms. The van der Waals surface area contributed by atoms with Crippen LogP contribution in [0.25, 0.3) is 11.3 Å². The Labute approximate surface area is 409 Å². The molecule has 0 radical (unpaired) electrons. The molecule has 1 aromatic heterocycles. The molecule has 2 aliphatic heterocycles. The van der Waals surface area contributed by atoms with Crippen LogP contribution in [0.15, 0.2) is 103 Å². The van der Waals surface area contributed by atoms with Gasteiger partial charge in [0.05, 0.1) is 43.5 Å². The van der Waals surface area contributed by atoms with Crippen LogP contribution in [0.5, 0.6) is 11.5 Å². The molecule has 67 heavy (non-hydrogen) atoms. The highest BCUT2D eigenvalue weighted by atomic mass is 35.5. The van der Waals surface area contributed by atoms with Gasteiger partial charge in [-0.15, -0.1) is 12.4 Å². The molecule has 4 amide bonds. The van der Waals surface area contributed by atoms with Crippen LogP contribution < -0.4 is 10.1 Å². The van der Waals surface area contributed by atoms with Crippen LogP contribution >= 0.6 is 35.6 Å². The van der Waals surface area contributed by atoms with Gasteiger partial charge in [-0.25, -0.2) is 4.98 Å². The molecule has 4 aromatic carbocycles. The highest BCUT2D eigenvalue weighted by Crippen LogP contribution is 2.33. The van der Waals surface area contributed by atoms with Crippen LogP contribution in [0.1, 0.15) is 48.7 Å². The van der Waals surface area contributed by atoms with E-state index in [0.29, 0.717) is 33.5 Å². The molecular weight excluding hydrogens is 913 g/mol. The van der Waals surface area contributed by atoms with E-state index in [1.165, 1.54) is 24.9 Å². The van der Waals surface area contributed by atoms with E-state index in [1.54, 1.807) is 61.2 Å². The van der Waals surface area contributed by atoms with Crippen LogP contribution in [0.3, 0.4) is 0 Å². The molecule has 2 saturated heterocycles. The SMILES string of the molecule is COC[C@@H]1NC(=O)[C@H](C)N(Cc2ccc(Cl)cc2Oc2ccc(-c3cnc(CN4CCCC4)n3C)cc2)C(=O)C[C@@H](Cc2ccccc2)C(=O)N(C)C[C@@H](Cc2ccc(Cl)cc2)N(C)C1=O.Cl. The predicted octanol–water partition coefficient (Wildman–Crippen LogP) is 7.84. The largest absolute Gasteiger partial charge is 0.457 e. The molecule has 0 aliphatic carbocycles. The number of benzene rings is 4. The molecular formula is C51H60Cl3N7O6. The van der Waals surface area contributed by atoms with Crippen molar-refractivity contribution in [2.75, 3.05) is 47.4 Å². The van der Waals surface area contributed by atoms with Gasteiger partial charge in [0.25, 0.3) is 0 Å². The molecule has 3 heterocycles. The second kappa shape index (κ2) is 23.5. The number of rotatable bonds is 13. The number of carbonyl (C=O) groups is 4. The normalized spacial score (nSPS) is 20.1. The summed E-state index contributed by atoms with van der Waals surface area (Å²) in [5.41, 5.74) is 4.33. The molecule has 7 rings (SSSR count). The van der Waals surface area contributed by atoms with Gasteiger partial charge in [0, 0.05) is 62.4 Å². The van der Waals surface area contributed by atoms with Crippen molar-refractivity contribution in [3.63, 3.8) is 0 Å². The van der Waals surface area contributed by atoms with Gasteiger partial charge in [-0.1, -0.05) is 71.7 Å². The Morgan fingerprint density at radius 3 is 2.15 bits per heavy atom. The summed E-state index contributed by atoms with van der Waals surface area (Å²) in [4.78, 5) is 70.0. The van der Waals surface area contributed by atoms with Gasteiger partial charge in [-0.3, -0.25) is 24.1 Å². The highest BCUT2D eigenvalue weighted by molar-refractivity contribution is 6.31. The fraction of sp³-hybridized carbons (Fsp3) is 0.392. The zero-order valence-electron chi connectivity index (χ0n) is 38.7. The Balaban J connectivity index is 0.00000741. The minimum atomic E-state index is -1.09. The zero-order valence-corrected chi connectivity index (χ0v) is 41.0. The molecule has 0 unspecified atom stereocenters. The monoisotopic (exact) mass is 971 g/mol. The number of aromatic nitrogens is 2. The summed E-state index contributed by atoms with van der Waals surface area (Å²) in [5, 5.41) is 3.89. The smallest absolute Gasteiger partial charge is 0.247 e. The van der Waals surface area contributed by atoms with Gasteiger partial charge in [-0.05, 0) is 105 Å². The van der Waals surface area contributed by atoms with Crippen molar-refractivity contribution in [1.82, 2.24) is 34.5 Å². The van der Waals surface area contributed by atoms with Gasteiger partial charge in [0.15, 0.2) is 0 Å². The first-order valence-corrected chi connectivity index (χ1v) is 23.2. The second-order valence-electron chi connectivity index (χ2n) is 17.4. The first kappa shape index (κ1) is 51.0. The summed E-state index contributed by atoms with van der Waals surface area (Å²) in [6.07, 6.45) is 4.82. The van der Waals surface area contributed by atoms with Crippen LogP contribution in [0.4, 0.5) is 0 Å². The number of carbonyl (C=O) groups excluding carboxylic acids is 4. The van der Waals surface area contributed by atoms with Crippen LogP contribution in [-0.4, -0.2) is 118 Å². The average molecular weight is 973 g/mol. The highest BCUT2D eigenvalue weighted by Gasteiger charge is 2.37. The number of imidazole rings is 1. The summed E-state index contributed by atoms with van der Waals surface area (Å²) in [6, 6.07) is 27.0. The maximum Gasteiger partial charge on any atom is 0.247 e. The lowest BCUT2D eigenvalue weighted by Gasteiger charge is -2.37. The van der Waals surface area contributed by atoms with E-state index in [9.17, 15) is 19.2 Å². The number of nitrogens with zero attached hydrogens (tertiary/aromatic N) is 6. The number of halogens is 3. The maximum absolute atomic E-state index is 14.9. The molecule has 0 bridgehead atoms. The predicted molar refractivity (Wildman–Crippen MR) is 263 cm³/mol. The molecule has 4 atom stereocenters. The third-order valence-corrected chi connectivity index (χ3v) is 13.2. The molecule has 1 N–H and O–H groups in total. The van der Waals surface area contributed by atoms with Crippen molar-refractivity contribution in [1.29, 1.82) is 0 Å². The van der Waals surface area contributed by atoms with Crippen LogP contribution in [0, 0.1) is 5.92 Å². The number of likely N-dealkylation sites (tertiary alicyclic amines) is 1. The summed E-state index contributed by atoms with van der Waals surface area (Å²) in [5.74, 6) is -0.505. The zero-order chi connectivity index (χ0) is 46.9. The molecule has 13 nitrogen and oxygen atoms in total. The summed E-state index contributed by atoms with van der Waals surface area (Å²) in [6.45, 7) is 4.57. The van der Waals surface area contributed by atoms with Crippen molar-refractivity contribution in [2.24, 2.45) is 13.0 Å². The fourth-order valence-electron chi connectivity index (χ4n) is 8.81. The van der Waals surface area contributed by atoms with Crippen molar-refractivity contribution in [3.8, 4) is 22.8 Å². The standard InChI is InChI=1S/C51H59Cl2N7O6.ClH/c1-34-49(62)55-44(33-65-5)51(64)57(3)42(26-36-13-18-40(52)19-14-36)31-56(2)50(63)39(25-35-11-7-6-8-12-35)27-48(61)60(34)30-38-15-20-41(53)28-46(38)66-43-21-16-37(17-22-43)45-29-54-47(58(45)4)32-59-23-9-10-24-59;/h6-8,11-22,28-29,34,39,42,44H,9-10,23-27,30-33H2,1-5H3,(H,55,62);1H/t34-,39+,42+,44-;/m0./s1. The molecule has 5 aromatic rings. The minimum Gasteiger partial charge on any atom is -0.457 e. The van der Waals surface area contributed by atoms with Gasteiger partial charge < -0.3 is 34.1 Å². The number of hydrogen-bond donors (Lipinski definition) is 1. The quantitative estimate of drug-likeness (QED) is 0.126. The van der Waals surface area contributed by atoms with E-state index in [1.807, 2.05) is 80.0 Å². The summed E-state index contributed by atoms with van der Waals surface area (Å²) in [7, 11) is 6.86. The second-order valence-corrected chi connectivity index (χ2v) is 18.3. The maximum atomic E-state index is 14.9. The van der Waals surface area contributed by atoms with Crippen LogP contribution in [0.2, 0.25) is 10.0 Å². The number of ether oxygens (including phenoxy) is 2. The third-order valence-electron chi connectivity index (χ3n) is 12.7. The topological polar surface area (TPSA) is 130 Å². The Morgan fingerprint density at radius 2 is 1.46 bits per heavy atom. The van der Waals surface area contributed by atoms with E-state index in [2.05, 4.69) is 14.8 Å². The van der Waals surface area contributed by atoms with E-state index in [-0.39, 0.29) is 50.9 Å². The fourth-order valence-corrected chi connectivity index (χ4v) is 9.10. The lowest BCUT2D eigenvalue weighted by molar-refractivity contribution is -0.148. The third kappa shape index (κ3) is 13.0. The van der Waals surface area contributed by atoms with Crippen molar-refractivity contribution in [3.05, 3.63) is 136 Å². The minimum absolute atomic E-state index is 0. The van der Waals surface area contributed by atoms with Gasteiger partial charge in [-0.2, -0.15) is 0 Å². The lowest BCUT2D eigenvalue weighted by Crippen LogP contribution is -2.58. The lowest BCUT2D eigenvalue weighted by atomic mass is 9.93. The Kier molecular flexibility index (Phi) is 17.9. The first-order chi connectivity index (χ1) is 31.8. The number of amides is 4. The Morgan fingerprint density at radius 1 is 0.791 bits per heavy atom. The van der Waals surface area contributed by atoms with Crippen molar-refractivity contribution >= 4 is 59.2 Å². The number of methoxy groups -OCH3 is 1. The Bertz CT molecular complexity index is 2470. The summed E-state index contributed by atoms with van der Waals surface area (Å²) < 4.78 is 14.1. The van der Waals surface area contributed by atoms with Gasteiger partial charge >= 0.3 is 0 Å². The molecule has 0 saturated carbocycles.